The molecule has 3 atom stereocenters. The summed E-state index contributed by atoms with van der Waals surface area (Å²) in [5.74, 6) is -0.151. The first kappa shape index (κ1) is 69.7. The van der Waals surface area contributed by atoms with Gasteiger partial charge in [0.1, 0.15) is 13.2 Å². The maximum absolute atomic E-state index is 13.0. The number of quaternary nitrogens is 1. The number of phosphoric ester groups is 1. The molecule has 420 valence electrons. The van der Waals surface area contributed by atoms with E-state index in [9.17, 15) is 19.4 Å². The fourth-order valence-corrected chi connectivity index (χ4v) is 10.1. The Kier molecular flexibility index (Phi) is 52.6. The average molecular weight is 1020 g/mol. The Morgan fingerprint density at radius 1 is 0.493 bits per heavy atom. The van der Waals surface area contributed by atoms with Gasteiger partial charge in [0.25, 0.3) is 0 Å². The third-order valence-electron chi connectivity index (χ3n) is 14.2. The number of hydrogen-bond donors (Lipinski definition) is 3. The SMILES string of the molecule is CC/C=C\C/C=C\C/C=C\CCCCCCCCCC(=O)NC(COP(=O)(O)OCC[N+](C)(C)C)C(O)CCCCCCCCCCCCCCCCCCCCCCCCCCCCCCCCCC. The van der Waals surface area contributed by atoms with E-state index in [-0.39, 0.29) is 19.1 Å². The summed E-state index contributed by atoms with van der Waals surface area (Å²) in [4.78, 5) is 23.3. The van der Waals surface area contributed by atoms with Crippen molar-refractivity contribution in [2.45, 2.75) is 315 Å². The number of unbranched alkanes of at least 4 members (excludes halogenated alkanes) is 38. The van der Waals surface area contributed by atoms with Crippen LogP contribution in [0.25, 0.3) is 0 Å². The number of phosphoric acid groups is 1. The molecule has 0 aromatic heterocycles. The maximum Gasteiger partial charge on any atom is 0.472 e. The van der Waals surface area contributed by atoms with E-state index in [4.69, 9.17) is 9.05 Å². The molecule has 0 rings (SSSR count). The lowest BCUT2D eigenvalue weighted by Gasteiger charge is -2.26. The highest BCUT2D eigenvalue weighted by Crippen LogP contribution is 2.43. The normalized spacial score (nSPS) is 14.1. The molecule has 71 heavy (non-hydrogen) atoms. The van der Waals surface area contributed by atoms with E-state index in [2.05, 4.69) is 55.6 Å². The quantitative estimate of drug-likeness (QED) is 0.0243. The molecule has 3 N–H and O–H groups in total. The highest BCUT2D eigenvalue weighted by molar-refractivity contribution is 7.47. The minimum atomic E-state index is -4.33. The first-order valence-corrected chi connectivity index (χ1v) is 32.3. The number of rotatable bonds is 57. The second kappa shape index (κ2) is 53.5. The van der Waals surface area contributed by atoms with Crippen molar-refractivity contribution in [1.82, 2.24) is 5.32 Å². The van der Waals surface area contributed by atoms with Crippen LogP contribution in [0.15, 0.2) is 36.5 Å². The van der Waals surface area contributed by atoms with Crippen molar-refractivity contribution < 1.29 is 32.9 Å². The predicted molar refractivity (Wildman–Crippen MR) is 309 cm³/mol. The maximum atomic E-state index is 13.0. The smallest absolute Gasteiger partial charge is 0.391 e. The Morgan fingerprint density at radius 3 is 1.24 bits per heavy atom. The van der Waals surface area contributed by atoms with E-state index in [1.165, 1.54) is 212 Å². The molecule has 0 aliphatic rings. The van der Waals surface area contributed by atoms with Gasteiger partial charge in [-0.25, -0.2) is 4.57 Å². The number of allylic oxidation sites excluding steroid dienone is 6. The Bertz CT molecular complexity index is 1250. The minimum Gasteiger partial charge on any atom is -0.391 e. The molecule has 0 aliphatic heterocycles. The Morgan fingerprint density at radius 2 is 0.845 bits per heavy atom. The molecule has 0 aliphatic carbocycles. The predicted octanol–water partition coefficient (Wildman–Crippen LogP) is 18.9. The molecule has 0 fully saturated rings. The lowest BCUT2D eigenvalue weighted by molar-refractivity contribution is -0.870. The molecular formula is C62H122N2O6P+. The molecule has 0 radical (unpaired) electrons. The van der Waals surface area contributed by atoms with E-state index in [1.54, 1.807) is 0 Å². The summed E-state index contributed by atoms with van der Waals surface area (Å²) in [5.41, 5.74) is 0. The molecule has 0 aromatic carbocycles. The highest BCUT2D eigenvalue weighted by Gasteiger charge is 2.28. The third kappa shape index (κ3) is 56.3. The molecular weight excluding hydrogens is 900 g/mol. The zero-order valence-electron chi connectivity index (χ0n) is 48.0. The topological polar surface area (TPSA) is 105 Å². The summed E-state index contributed by atoms with van der Waals surface area (Å²) in [6, 6.07) is -0.767. The number of aliphatic hydroxyl groups excluding tert-OH is 1. The van der Waals surface area contributed by atoms with Crippen LogP contribution in [0.4, 0.5) is 0 Å². The zero-order valence-corrected chi connectivity index (χ0v) is 48.9. The Labute approximate surface area is 442 Å². The van der Waals surface area contributed by atoms with Gasteiger partial charge in [-0.2, -0.15) is 0 Å². The van der Waals surface area contributed by atoms with Crippen molar-refractivity contribution in [3.8, 4) is 0 Å². The molecule has 8 nitrogen and oxygen atoms in total. The molecule has 0 spiro atoms. The summed E-state index contributed by atoms with van der Waals surface area (Å²) in [6.45, 7) is 4.80. The van der Waals surface area contributed by atoms with Gasteiger partial charge < -0.3 is 19.8 Å². The molecule has 0 saturated heterocycles. The van der Waals surface area contributed by atoms with Crippen molar-refractivity contribution in [3.63, 3.8) is 0 Å². The summed E-state index contributed by atoms with van der Waals surface area (Å²) < 4.78 is 23.8. The number of aliphatic hydroxyl groups is 1. The molecule has 0 heterocycles. The zero-order chi connectivity index (χ0) is 52.0. The van der Waals surface area contributed by atoms with Gasteiger partial charge in [-0.1, -0.05) is 288 Å². The number of nitrogens with zero attached hydrogens (tertiary/aromatic N) is 1. The van der Waals surface area contributed by atoms with Gasteiger partial charge in [0.15, 0.2) is 0 Å². The lowest BCUT2D eigenvalue weighted by atomic mass is 10.0. The lowest BCUT2D eigenvalue weighted by Crippen LogP contribution is -2.46. The number of hydrogen-bond acceptors (Lipinski definition) is 5. The summed E-state index contributed by atoms with van der Waals surface area (Å²) in [7, 11) is 1.61. The van der Waals surface area contributed by atoms with Crippen molar-refractivity contribution in [2.24, 2.45) is 0 Å². The molecule has 0 saturated carbocycles. The number of carbonyl (C=O) groups is 1. The Hall–Kier alpha value is -1.28. The van der Waals surface area contributed by atoms with Crippen LogP contribution in [0.3, 0.4) is 0 Å². The molecule has 3 unspecified atom stereocenters. The van der Waals surface area contributed by atoms with Gasteiger partial charge in [0.2, 0.25) is 5.91 Å². The van der Waals surface area contributed by atoms with Crippen LogP contribution in [-0.2, 0) is 18.4 Å². The van der Waals surface area contributed by atoms with E-state index in [0.29, 0.717) is 23.9 Å². The van der Waals surface area contributed by atoms with E-state index < -0.39 is 20.0 Å². The van der Waals surface area contributed by atoms with E-state index in [0.717, 1.165) is 64.2 Å². The van der Waals surface area contributed by atoms with Crippen molar-refractivity contribution >= 4 is 13.7 Å². The van der Waals surface area contributed by atoms with Crippen molar-refractivity contribution in [1.29, 1.82) is 0 Å². The summed E-state index contributed by atoms with van der Waals surface area (Å²) in [5, 5.41) is 14.1. The van der Waals surface area contributed by atoms with Gasteiger partial charge in [0, 0.05) is 6.42 Å². The van der Waals surface area contributed by atoms with E-state index in [1.807, 2.05) is 21.1 Å². The molecule has 0 bridgehead atoms. The number of nitrogens with one attached hydrogen (secondary N) is 1. The van der Waals surface area contributed by atoms with Crippen LogP contribution in [0.2, 0.25) is 0 Å². The third-order valence-corrected chi connectivity index (χ3v) is 15.1. The van der Waals surface area contributed by atoms with Crippen LogP contribution in [-0.4, -0.2) is 73.4 Å². The van der Waals surface area contributed by atoms with Gasteiger partial charge in [-0.05, 0) is 44.9 Å². The number of carbonyl (C=O) groups excluding carboxylic acids is 1. The van der Waals surface area contributed by atoms with E-state index >= 15 is 0 Å². The Balaban J connectivity index is 4.02. The van der Waals surface area contributed by atoms with Crippen molar-refractivity contribution in [2.75, 3.05) is 40.9 Å². The second-order valence-electron chi connectivity index (χ2n) is 22.4. The van der Waals surface area contributed by atoms with Crippen LogP contribution in [0.5, 0.6) is 0 Å². The van der Waals surface area contributed by atoms with Crippen LogP contribution < -0.4 is 5.32 Å². The summed E-state index contributed by atoms with van der Waals surface area (Å²) in [6.07, 6.45) is 69.4. The fourth-order valence-electron chi connectivity index (χ4n) is 9.36. The largest absolute Gasteiger partial charge is 0.472 e. The minimum absolute atomic E-state index is 0.0725. The van der Waals surface area contributed by atoms with Gasteiger partial charge in [-0.15, -0.1) is 0 Å². The van der Waals surface area contributed by atoms with Crippen LogP contribution >= 0.6 is 7.82 Å². The highest BCUT2D eigenvalue weighted by atomic mass is 31.2. The average Bonchev–Trinajstić information content (AvgIpc) is 3.33. The number of amides is 1. The van der Waals surface area contributed by atoms with Gasteiger partial charge >= 0.3 is 7.82 Å². The monoisotopic (exact) mass is 1020 g/mol. The first-order chi connectivity index (χ1) is 34.5. The van der Waals surface area contributed by atoms with Crippen LogP contribution in [0, 0.1) is 0 Å². The van der Waals surface area contributed by atoms with Crippen molar-refractivity contribution in [3.05, 3.63) is 36.5 Å². The molecule has 0 aromatic rings. The molecule has 9 heteroatoms. The molecule has 1 amide bonds. The summed E-state index contributed by atoms with van der Waals surface area (Å²) >= 11 is 0. The fraction of sp³-hybridized carbons (Fsp3) is 0.887. The van der Waals surface area contributed by atoms with Gasteiger partial charge in [-0.3, -0.25) is 13.8 Å². The second-order valence-corrected chi connectivity index (χ2v) is 23.9. The first-order valence-electron chi connectivity index (χ1n) is 30.9. The van der Waals surface area contributed by atoms with Crippen LogP contribution in [0.1, 0.15) is 303 Å². The number of likely N-dealkylation sites (N-methyl/N-ethyl adjacent to an activating group) is 1. The standard InChI is InChI=1S/C62H121N2O6P/c1-6-8-10-12-14-16-18-20-22-24-25-26-27-28-29-30-31-32-33-34-35-36-37-38-40-41-43-45-47-49-51-53-55-61(65)60(59-70-71(67,68)69-58-57-64(3,4)5)63-62(66)56-54-52-50-48-46-44-42-39-23-21-19-17-15-13-11-9-7-2/h9,11,15,17,21,23,60-61,65H,6-8,10,12-14,16,18-20,22,24-59H2,1-5H3,(H-,63,66,67,68)/p+1/b11-9-,17-15-,23-21-. The van der Waals surface area contributed by atoms with Gasteiger partial charge in [0.05, 0.1) is 39.9 Å².